The molecule has 0 fully saturated rings. The van der Waals surface area contributed by atoms with E-state index in [-0.39, 0.29) is 16.4 Å². The molecule has 2 N–H and O–H groups in total. The third-order valence-corrected chi connectivity index (χ3v) is 4.26. The molecule has 0 radical (unpaired) electrons. The van der Waals surface area contributed by atoms with Crippen molar-refractivity contribution in [2.75, 3.05) is 0 Å². The second-order valence-corrected chi connectivity index (χ2v) is 6.81. The summed E-state index contributed by atoms with van der Waals surface area (Å²) in [4.78, 5) is 4.18. The topological polar surface area (TPSA) is 106 Å². The first-order chi connectivity index (χ1) is 12.3. The van der Waals surface area contributed by atoms with Gasteiger partial charge in [-0.05, 0) is 24.3 Å². The Morgan fingerprint density at radius 1 is 1.07 bits per heavy atom. The fourth-order valence-corrected chi connectivity index (χ4v) is 2.41. The summed E-state index contributed by atoms with van der Waals surface area (Å²) in [6.07, 6.45) is -5.06. The highest BCUT2D eigenvalue weighted by molar-refractivity contribution is 7.94. The smallest absolute Gasteiger partial charge is 0.355 e. The van der Waals surface area contributed by atoms with Crippen LogP contribution in [0.5, 0.6) is 5.88 Å². The van der Waals surface area contributed by atoms with E-state index in [2.05, 4.69) is 24.5 Å². The first-order valence-corrected chi connectivity index (χ1v) is 8.48. The Labute approximate surface area is 151 Å². The van der Waals surface area contributed by atoms with Crippen LogP contribution in [0.25, 0.3) is 5.69 Å². The molecule has 0 aliphatic heterocycles. The van der Waals surface area contributed by atoms with Gasteiger partial charge in [-0.25, -0.2) is 0 Å². The predicted molar refractivity (Wildman–Crippen MR) is 76.4 cm³/mol. The Morgan fingerprint density at radius 2 is 1.67 bits per heavy atom. The standard InChI is InChI=1S/C11H7F6N3O5S2/c12-10(13,14)8-5-9(23-27(21,22)11(15,16)17)20(19-8)6-1-3-7(4-2-6)26-25-24-18/h1-5H,18H2. The second-order valence-electron chi connectivity index (χ2n) is 4.50. The Kier molecular flexibility index (Phi) is 5.95. The molecule has 0 saturated carbocycles. The minimum Gasteiger partial charge on any atom is -0.355 e. The van der Waals surface area contributed by atoms with Crippen molar-refractivity contribution in [3.63, 3.8) is 0 Å². The molecule has 27 heavy (non-hydrogen) atoms. The summed E-state index contributed by atoms with van der Waals surface area (Å²) in [6.45, 7) is 0. The average molecular weight is 439 g/mol. The molecule has 1 aromatic heterocycles. The van der Waals surface area contributed by atoms with Gasteiger partial charge in [0.2, 0.25) is 5.88 Å². The van der Waals surface area contributed by atoms with E-state index in [0.29, 0.717) is 16.9 Å². The van der Waals surface area contributed by atoms with Gasteiger partial charge < -0.3 is 4.18 Å². The fraction of sp³-hybridized carbons (Fsp3) is 0.182. The van der Waals surface area contributed by atoms with E-state index >= 15 is 0 Å². The number of halogens is 6. The zero-order valence-electron chi connectivity index (χ0n) is 12.5. The fourth-order valence-electron chi connectivity index (χ4n) is 1.61. The number of hydrogen-bond donors (Lipinski definition) is 1. The third-order valence-electron chi connectivity index (χ3n) is 2.70. The van der Waals surface area contributed by atoms with Crippen molar-refractivity contribution in [2.24, 2.45) is 5.90 Å². The average Bonchev–Trinajstić information content (AvgIpc) is 2.95. The molecule has 0 atom stereocenters. The number of nitrogens with two attached hydrogens (primary N) is 1. The van der Waals surface area contributed by atoms with Gasteiger partial charge in [-0.1, -0.05) is 0 Å². The predicted octanol–water partition coefficient (Wildman–Crippen LogP) is 2.95. The zero-order chi connectivity index (χ0) is 20.5. The van der Waals surface area contributed by atoms with Gasteiger partial charge in [-0.2, -0.15) is 50.4 Å². The van der Waals surface area contributed by atoms with Gasteiger partial charge in [0.15, 0.2) is 5.69 Å². The van der Waals surface area contributed by atoms with Crippen LogP contribution in [-0.2, 0) is 25.6 Å². The van der Waals surface area contributed by atoms with Crippen molar-refractivity contribution < 1.29 is 48.3 Å². The number of alkyl halides is 6. The molecule has 2 rings (SSSR count). The van der Waals surface area contributed by atoms with Crippen LogP contribution >= 0.6 is 12.0 Å². The lowest BCUT2D eigenvalue weighted by atomic mass is 10.3. The Morgan fingerprint density at radius 3 is 2.15 bits per heavy atom. The van der Waals surface area contributed by atoms with Gasteiger partial charge in [-0.3, -0.25) is 0 Å². The summed E-state index contributed by atoms with van der Waals surface area (Å²) >= 11 is 0.619. The van der Waals surface area contributed by atoms with Crippen LogP contribution < -0.4 is 10.1 Å². The Bertz CT molecular complexity index is 895. The van der Waals surface area contributed by atoms with E-state index in [1.54, 1.807) is 0 Å². The lowest BCUT2D eigenvalue weighted by Crippen LogP contribution is -2.28. The molecule has 0 bridgehead atoms. The molecule has 0 spiro atoms. The molecular weight excluding hydrogens is 432 g/mol. The summed E-state index contributed by atoms with van der Waals surface area (Å²) in [5, 5.41) is 3.06. The maximum Gasteiger partial charge on any atom is 0.534 e. The van der Waals surface area contributed by atoms with Crippen molar-refractivity contribution in [2.45, 2.75) is 16.6 Å². The maximum absolute atomic E-state index is 12.8. The largest absolute Gasteiger partial charge is 0.534 e. The number of rotatable bonds is 6. The van der Waals surface area contributed by atoms with Gasteiger partial charge in [0.1, 0.15) is 0 Å². The third kappa shape index (κ3) is 5.04. The van der Waals surface area contributed by atoms with Crippen LogP contribution in [0.1, 0.15) is 5.69 Å². The van der Waals surface area contributed by atoms with Crippen LogP contribution in [0.3, 0.4) is 0 Å². The summed E-state index contributed by atoms with van der Waals surface area (Å²) in [5.74, 6) is 3.32. The Hall–Kier alpha value is -2.01. The Balaban J connectivity index is 2.47. The molecule has 0 amide bonds. The molecule has 2 aromatic rings. The quantitative estimate of drug-likeness (QED) is 0.183. The van der Waals surface area contributed by atoms with Crippen LogP contribution in [0.4, 0.5) is 26.3 Å². The van der Waals surface area contributed by atoms with Crippen LogP contribution in [0, 0.1) is 0 Å². The highest BCUT2D eigenvalue weighted by atomic mass is 32.2. The highest BCUT2D eigenvalue weighted by Crippen LogP contribution is 2.35. The maximum atomic E-state index is 12.8. The number of hydrogen-bond acceptors (Lipinski definition) is 8. The molecule has 0 saturated heterocycles. The van der Waals surface area contributed by atoms with E-state index in [9.17, 15) is 34.8 Å². The van der Waals surface area contributed by atoms with Gasteiger partial charge in [0.25, 0.3) is 0 Å². The normalized spacial score (nSPS) is 13.0. The molecule has 16 heteroatoms. The van der Waals surface area contributed by atoms with Crippen molar-refractivity contribution in [3.05, 3.63) is 36.0 Å². The molecule has 150 valence electrons. The minimum atomic E-state index is -6.22. The monoisotopic (exact) mass is 439 g/mol. The number of benzene rings is 1. The summed E-state index contributed by atoms with van der Waals surface area (Å²) in [6, 6.07) is 4.77. The second kappa shape index (κ2) is 7.55. The SMILES string of the molecule is NOOSc1ccc(-n2nc(C(F)(F)F)cc2OS(=O)(=O)C(F)(F)F)cc1. The molecule has 0 aliphatic carbocycles. The van der Waals surface area contributed by atoms with Gasteiger partial charge in [0.05, 0.1) is 17.7 Å². The van der Waals surface area contributed by atoms with Gasteiger partial charge in [-0.15, -0.1) is 9.32 Å². The van der Waals surface area contributed by atoms with E-state index in [1.807, 2.05) is 0 Å². The first kappa shape index (κ1) is 21.3. The van der Waals surface area contributed by atoms with E-state index in [0.717, 1.165) is 12.1 Å². The molecule has 1 aromatic carbocycles. The lowest BCUT2D eigenvalue weighted by Gasteiger charge is -2.11. The number of aromatic nitrogens is 2. The van der Waals surface area contributed by atoms with Crippen LogP contribution in [0.15, 0.2) is 35.2 Å². The first-order valence-electron chi connectivity index (χ1n) is 6.33. The van der Waals surface area contributed by atoms with E-state index in [4.69, 9.17) is 0 Å². The van der Waals surface area contributed by atoms with Crippen LogP contribution in [0.2, 0.25) is 0 Å². The molecular formula is C11H7F6N3O5S2. The van der Waals surface area contributed by atoms with Crippen molar-refractivity contribution in [3.8, 4) is 11.6 Å². The van der Waals surface area contributed by atoms with Crippen molar-refractivity contribution >= 4 is 22.2 Å². The van der Waals surface area contributed by atoms with Gasteiger partial charge >= 0.3 is 21.8 Å². The zero-order valence-corrected chi connectivity index (χ0v) is 14.1. The molecule has 0 unspecified atom stereocenters. The summed E-state index contributed by atoms with van der Waals surface area (Å²) < 4.78 is 106. The highest BCUT2D eigenvalue weighted by Gasteiger charge is 2.49. The lowest BCUT2D eigenvalue weighted by molar-refractivity contribution is -0.195. The van der Waals surface area contributed by atoms with E-state index < -0.39 is 33.4 Å². The van der Waals surface area contributed by atoms with E-state index in [1.165, 1.54) is 12.1 Å². The van der Waals surface area contributed by atoms with Crippen LogP contribution in [-0.4, -0.2) is 23.7 Å². The summed E-state index contributed by atoms with van der Waals surface area (Å²) in [7, 11) is -6.22. The van der Waals surface area contributed by atoms with Gasteiger partial charge in [0, 0.05) is 11.0 Å². The molecule has 1 heterocycles. The minimum absolute atomic E-state index is 0.0251. The van der Waals surface area contributed by atoms with Crippen molar-refractivity contribution in [1.29, 1.82) is 0 Å². The number of nitrogens with zero attached hydrogens (tertiary/aromatic N) is 2. The molecule has 8 nitrogen and oxygen atoms in total. The summed E-state index contributed by atoms with van der Waals surface area (Å²) in [5.41, 5.74) is -7.73. The molecule has 0 aliphatic rings. The van der Waals surface area contributed by atoms with Crippen molar-refractivity contribution in [1.82, 2.24) is 9.78 Å².